The van der Waals surface area contributed by atoms with E-state index in [0.717, 1.165) is 15.6 Å². The summed E-state index contributed by atoms with van der Waals surface area (Å²) in [5.74, 6) is -0.0866. The summed E-state index contributed by atoms with van der Waals surface area (Å²) in [5.41, 5.74) is 1.55. The maximum Gasteiger partial charge on any atom is 0.303 e. The SMILES string of the molecule is CC[n+]1c(CCC(=O)O)[nH]c2cc(S(=O)(=O)N(C)C)ccc21. The number of aliphatic carboxylic acids is 1. The number of aromatic amines is 1. The van der Waals surface area contributed by atoms with Gasteiger partial charge in [-0.3, -0.25) is 4.79 Å². The summed E-state index contributed by atoms with van der Waals surface area (Å²) in [6.45, 7) is 2.64. The number of H-pyrrole nitrogens is 1. The molecule has 1 aromatic heterocycles. The Morgan fingerprint density at radius 1 is 1.36 bits per heavy atom. The van der Waals surface area contributed by atoms with Crippen molar-refractivity contribution in [2.75, 3.05) is 14.1 Å². The van der Waals surface area contributed by atoms with E-state index in [2.05, 4.69) is 4.98 Å². The number of fused-ring (bicyclic) bond motifs is 1. The van der Waals surface area contributed by atoms with E-state index in [1.165, 1.54) is 14.1 Å². The second-order valence-electron chi connectivity index (χ2n) is 5.18. The number of rotatable bonds is 6. The van der Waals surface area contributed by atoms with Gasteiger partial charge in [-0.2, -0.15) is 0 Å². The summed E-state index contributed by atoms with van der Waals surface area (Å²) >= 11 is 0. The lowest BCUT2D eigenvalue weighted by Crippen LogP contribution is -2.36. The molecule has 2 rings (SSSR count). The van der Waals surface area contributed by atoms with E-state index in [1.54, 1.807) is 18.2 Å². The number of imidazole rings is 1. The van der Waals surface area contributed by atoms with Crippen molar-refractivity contribution >= 4 is 27.0 Å². The first kappa shape index (κ1) is 16.4. The molecule has 0 fully saturated rings. The zero-order valence-corrected chi connectivity index (χ0v) is 13.6. The monoisotopic (exact) mass is 326 g/mol. The Labute approximate surface area is 129 Å². The molecule has 0 radical (unpaired) electrons. The molecule has 120 valence electrons. The van der Waals surface area contributed by atoms with Crippen LogP contribution in [0.2, 0.25) is 0 Å². The maximum atomic E-state index is 12.2. The summed E-state index contributed by atoms with van der Waals surface area (Å²) in [6.07, 6.45) is 0.392. The fraction of sp³-hybridized carbons (Fsp3) is 0.429. The van der Waals surface area contributed by atoms with Crippen LogP contribution in [0.3, 0.4) is 0 Å². The molecule has 1 aromatic carbocycles. The molecule has 0 bridgehead atoms. The molecule has 7 nitrogen and oxygen atoms in total. The van der Waals surface area contributed by atoms with Crippen LogP contribution < -0.4 is 4.57 Å². The summed E-state index contributed by atoms with van der Waals surface area (Å²) in [6, 6.07) is 4.90. The number of benzene rings is 1. The maximum absolute atomic E-state index is 12.2. The third kappa shape index (κ3) is 2.97. The van der Waals surface area contributed by atoms with E-state index in [1.807, 2.05) is 11.5 Å². The molecule has 0 amide bonds. The lowest BCUT2D eigenvalue weighted by atomic mass is 10.3. The van der Waals surface area contributed by atoms with Gasteiger partial charge in [0.05, 0.1) is 24.3 Å². The van der Waals surface area contributed by atoms with E-state index in [-0.39, 0.29) is 11.3 Å². The van der Waals surface area contributed by atoms with Crippen LogP contribution in [0.25, 0.3) is 11.0 Å². The number of aryl methyl sites for hydroxylation is 2. The van der Waals surface area contributed by atoms with Crippen LogP contribution >= 0.6 is 0 Å². The van der Waals surface area contributed by atoms with Crippen LogP contribution in [0.1, 0.15) is 19.2 Å². The van der Waals surface area contributed by atoms with E-state index in [4.69, 9.17) is 5.11 Å². The molecular formula is C14H20N3O4S+. The highest BCUT2D eigenvalue weighted by molar-refractivity contribution is 7.89. The number of carboxylic acid groups (broad SMARTS) is 1. The highest BCUT2D eigenvalue weighted by Crippen LogP contribution is 2.19. The second kappa shape index (κ2) is 6.05. The molecule has 0 atom stereocenters. The van der Waals surface area contributed by atoms with Gasteiger partial charge < -0.3 is 5.11 Å². The molecule has 0 saturated heterocycles. The van der Waals surface area contributed by atoms with Crippen molar-refractivity contribution in [3.8, 4) is 0 Å². The van der Waals surface area contributed by atoms with Gasteiger partial charge >= 0.3 is 5.97 Å². The molecule has 1 heterocycles. The van der Waals surface area contributed by atoms with Crippen LogP contribution in [-0.2, 0) is 27.8 Å². The molecule has 0 spiro atoms. The van der Waals surface area contributed by atoms with Crippen LogP contribution in [0, 0.1) is 0 Å². The molecule has 22 heavy (non-hydrogen) atoms. The van der Waals surface area contributed by atoms with Crippen molar-refractivity contribution in [2.24, 2.45) is 0 Å². The number of hydrogen-bond acceptors (Lipinski definition) is 3. The first-order chi connectivity index (χ1) is 10.3. The average molecular weight is 326 g/mol. The standard InChI is InChI=1S/C14H19N3O4S/c1-4-17-12-6-5-10(22(20,21)16(2)3)9-11(12)15-13(17)7-8-14(18)19/h5-6,9H,4,7-8H2,1-3H3,(H,18,19)/p+1. The predicted molar refractivity (Wildman–Crippen MR) is 81.0 cm³/mol. The number of sulfonamides is 1. The third-order valence-electron chi connectivity index (χ3n) is 3.53. The number of carbonyl (C=O) groups is 1. The predicted octanol–water partition coefficient (Wildman–Crippen LogP) is 0.743. The molecule has 2 N–H and O–H groups in total. The Kier molecular flexibility index (Phi) is 4.52. The number of hydrogen-bond donors (Lipinski definition) is 2. The minimum atomic E-state index is -3.49. The normalized spacial score (nSPS) is 12.2. The van der Waals surface area contributed by atoms with Crippen molar-refractivity contribution in [2.45, 2.75) is 31.2 Å². The van der Waals surface area contributed by atoms with Crippen LogP contribution in [0.5, 0.6) is 0 Å². The van der Waals surface area contributed by atoms with Gasteiger partial charge in [0.15, 0.2) is 11.0 Å². The second-order valence-corrected chi connectivity index (χ2v) is 7.33. The molecule has 0 aliphatic carbocycles. The minimum Gasteiger partial charge on any atom is -0.481 e. The van der Waals surface area contributed by atoms with Gasteiger partial charge in [0.25, 0.3) is 5.82 Å². The average Bonchev–Trinajstić information content (AvgIpc) is 2.81. The first-order valence-electron chi connectivity index (χ1n) is 6.96. The fourth-order valence-electron chi connectivity index (χ4n) is 2.37. The van der Waals surface area contributed by atoms with E-state index >= 15 is 0 Å². The highest BCUT2D eigenvalue weighted by atomic mass is 32.2. The van der Waals surface area contributed by atoms with E-state index in [9.17, 15) is 13.2 Å². The van der Waals surface area contributed by atoms with Gasteiger partial charge in [-0.05, 0) is 19.1 Å². The largest absolute Gasteiger partial charge is 0.481 e. The van der Waals surface area contributed by atoms with Crippen LogP contribution in [-0.4, -0.2) is 42.9 Å². The Balaban J connectivity index is 2.52. The number of carboxylic acids is 1. The number of aromatic nitrogens is 2. The Morgan fingerprint density at radius 3 is 2.59 bits per heavy atom. The lowest BCUT2D eigenvalue weighted by molar-refractivity contribution is -0.675. The molecule has 2 aromatic rings. The smallest absolute Gasteiger partial charge is 0.303 e. The summed E-state index contributed by atoms with van der Waals surface area (Å²) in [5, 5.41) is 8.82. The summed E-state index contributed by atoms with van der Waals surface area (Å²) < 4.78 is 27.5. The van der Waals surface area contributed by atoms with Gasteiger partial charge in [0.1, 0.15) is 0 Å². The molecule has 8 heteroatoms. The molecule has 0 aliphatic heterocycles. The van der Waals surface area contributed by atoms with Crippen LogP contribution in [0.4, 0.5) is 0 Å². The minimum absolute atomic E-state index is 0.0235. The molecule has 0 unspecified atom stereocenters. The van der Waals surface area contributed by atoms with Crippen molar-refractivity contribution in [3.63, 3.8) is 0 Å². The Hall–Kier alpha value is -1.93. The van der Waals surface area contributed by atoms with Gasteiger partial charge in [0.2, 0.25) is 10.0 Å². The number of nitrogens with zero attached hydrogens (tertiary/aromatic N) is 2. The Bertz CT molecular complexity index is 809. The molecule has 0 aliphatic rings. The lowest BCUT2D eigenvalue weighted by Gasteiger charge is -2.10. The highest BCUT2D eigenvalue weighted by Gasteiger charge is 2.22. The van der Waals surface area contributed by atoms with Gasteiger partial charge in [-0.15, -0.1) is 0 Å². The Morgan fingerprint density at radius 2 is 2.05 bits per heavy atom. The van der Waals surface area contributed by atoms with Gasteiger partial charge in [0, 0.05) is 20.2 Å². The first-order valence-corrected chi connectivity index (χ1v) is 8.40. The van der Waals surface area contributed by atoms with Gasteiger partial charge in [-0.25, -0.2) is 22.3 Å². The van der Waals surface area contributed by atoms with Crippen molar-refractivity contribution < 1.29 is 22.9 Å². The molecule has 0 saturated carbocycles. The van der Waals surface area contributed by atoms with Crippen molar-refractivity contribution in [1.29, 1.82) is 0 Å². The van der Waals surface area contributed by atoms with Crippen LogP contribution in [0.15, 0.2) is 23.1 Å². The zero-order chi connectivity index (χ0) is 16.5. The number of nitrogens with one attached hydrogen (secondary N) is 1. The fourth-order valence-corrected chi connectivity index (χ4v) is 3.30. The summed E-state index contributed by atoms with van der Waals surface area (Å²) in [7, 11) is -0.525. The zero-order valence-electron chi connectivity index (χ0n) is 12.8. The van der Waals surface area contributed by atoms with E-state index < -0.39 is 16.0 Å². The van der Waals surface area contributed by atoms with Crippen molar-refractivity contribution in [3.05, 3.63) is 24.0 Å². The quantitative estimate of drug-likeness (QED) is 0.766. The third-order valence-corrected chi connectivity index (χ3v) is 5.35. The van der Waals surface area contributed by atoms with Gasteiger partial charge in [-0.1, -0.05) is 0 Å². The van der Waals surface area contributed by atoms with Crippen molar-refractivity contribution in [1.82, 2.24) is 9.29 Å². The van der Waals surface area contributed by atoms with E-state index in [0.29, 0.717) is 18.5 Å². The molecular weight excluding hydrogens is 306 g/mol. The topological polar surface area (TPSA) is 94.3 Å². The summed E-state index contributed by atoms with van der Waals surface area (Å²) in [4.78, 5) is 14.1.